The number of alkyl carbamates (subject to hydrolysis) is 1. The smallest absolute Gasteiger partial charge is 0.408 e. The summed E-state index contributed by atoms with van der Waals surface area (Å²) in [6.07, 6.45) is -9.37. The molecule has 2 saturated carbocycles. The number of carbonyl (C=O) groups excluding carboxylic acids is 5. The molecule has 326 valence electrons. The van der Waals surface area contributed by atoms with Gasteiger partial charge < -0.3 is 49.1 Å². The highest BCUT2D eigenvalue weighted by atomic mass is 19.1. The van der Waals surface area contributed by atoms with Gasteiger partial charge in [0, 0.05) is 31.8 Å². The Balaban J connectivity index is 1.72. The van der Waals surface area contributed by atoms with Crippen LogP contribution in [0.3, 0.4) is 0 Å². The molecule has 59 heavy (non-hydrogen) atoms. The molecule has 3 fully saturated rings. The van der Waals surface area contributed by atoms with Crippen LogP contribution in [0, 0.1) is 22.6 Å². The number of halogens is 1. The highest BCUT2D eigenvalue weighted by Crippen LogP contribution is 2.64. The first-order valence-electron chi connectivity index (χ1n) is 19.8. The number of allylic oxidation sites excluding steroid dienone is 1. The molecule has 4 N–H and O–H groups in total. The number of hydrogen-bond donors (Lipinski definition) is 4. The molecule has 1 heterocycles. The summed E-state index contributed by atoms with van der Waals surface area (Å²) >= 11 is 0. The number of aliphatic hydroxyl groups excluding tert-OH is 2. The molecule has 1 aliphatic heterocycles. The van der Waals surface area contributed by atoms with E-state index in [-0.39, 0.29) is 36.3 Å². The molecule has 1 aromatic rings. The molecule has 1 amide bonds. The Morgan fingerprint density at radius 2 is 1.69 bits per heavy atom. The van der Waals surface area contributed by atoms with E-state index in [0.717, 1.165) is 19.1 Å². The molecule has 11 atom stereocenters. The average Bonchev–Trinajstić information content (AvgIpc) is 3.11. The molecule has 0 aromatic heterocycles. The predicted molar refractivity (Wildman–Crippen MR) is 207 cm³/mol. The van der Waals surface area contributed by atoms with Crippen molar-refractivity contribution in [1.82, 2.24) is 5.32 Å². The van der Waals surface area contributed by atoms with E-state index in [2.05, 4.69) is 5.32 Å². The fraction of sp³-hybridized carbons (Fsp3) is 0.651. The first kappa shape index (κ1) is 45.9. The molecule has 2 bridgehead atoms. The van der Waals surface area contributed by atoms with E-state index in [4.69, 9.17) is 28.4 Å². The second kappa shape index (κ2) is 16.3. The number of ketones is 1. The molecule has 1 aromatic carbocycles. The van der Waals surface area contributed by atoms with Gasteiger partial charge in [-0.1, -0.05) is 25.5 Å². The Kier molecular flexibility index (Phi) is 12.7. The Hall–Kier alpha value is -4.22. The molecule has 0 radical (unpaired) electrons. The zero-order valence-corrected chi connectivity index (χ0v) is 35.5. The summed E-state index contributed by atoms with van der Waals surface area (Å²) in [5, 5.41) is 39.5. The van der Waals surface area contributed by atoms with E-state index >= 15 is 4.79 Å². The van der Waals surface area contributed by atoms with Crippen LogP contribution in [0.2, 0.25) is 0 Å². The number of Topliss-reactive ketones (excluding diaryl/α,β-unsaturated/α-hetero) is 1. The van der Waals surface area contributed by atoms with Gasteiger partial charge >= 0.3 is 24.0 Å². The quantitative estimate of drug-likeness (QED) is 0.149. The number of ether oxygens (including phenoxy) is 6. The molecular weight excluding hydrogens is 773 g/mol. The van der Waals surface area contributed by atoms with E-state index in [1.807, 2.05) is 0 Å². The normalized spacial score (nSPS) is 33.3. The minimum Gasteiger partial charge on any atom is -0.456 e. The van der Waals surface area contributed by atoms with Crippen LogP contribution in [0.15, 0.2) is 47.1 Å². The van der Waals surface area contributed by atoms with Crippen molar-refractivity contribution in [2.45, 2.75) is 148 Å². The molecule has 3 aliphatic carbocycles. The van der Waals surface area contributed by atoms with Gasteiger partial charge in [0.05, 0.1) is 35.6 Å². The summed E-state index contributed by atoms with van der Waals surface area (Å²) in [4.78, 5) is 69.3. The topological polar surface area (TPSA) is 213 Å². The predicted octanol–water partition coefficient (Wildman–Crippen LogP) is 4.04. The van der Waals surface area contributed by atoms with Gasteiger partial charge in [0.15, 0.2) is 17.5 Å². The van der Waals surface area contributed by atoms with Crippen LogP contribution >= 0.6 is 0 Å². The van der Waals surface area contributed by atoms with Gasteiger partial charge in [-0.05, 0) is 90.8 Å². The lowest BCUT2D eigenvalue weighted by Crippen LogP contribution is -2.82. The van der Waals surface area contributed by atoms with Crippen molar-refractivity contribution in [3.05, 3.63) is 58.4 Å². The van der Waals surface area contributed by atoms with Crippen molar-refractivity contribution in [2.24, 2.45) is 16.7 Å². The van der Waals surface area contributed by atoms with Crippen molar-refractivity contribution in [3.63, 3.8) is 0 Å². The van der Waals surface area contributed by atoms with E-state index < -0.39 is 118 Å². The first-order chi connectivity index (χ1) is 27.2. The van der Waals surface area contributed by atoms with Gasteiger partial charge in [-0.2, -0.15) is 0 Å². The number of benzene rings is 1. The average molecular weight is 832 g/mol. The Morgan fingerprint density at radius 3 is 2.22 bits per heavy atom. The zero-order valence-electron chi connectivity index (χ0n) is 35.5. The van der Waals surface area contributed by atoms with Crippen molar-refractivity contribution >= 4 is 29.8 Å². The number of hydrogen-bond acceptors (Lipinski definition) is 14. The standard InChI is InChI=1S/C43H58FNO14/c1-12-54-32-30-22(4)27(56-37(51)31(48)26(17-21(2)3)45-38(52)59-39(6,7)8)19-43(53,40(30,9)10)35(57-36(50)24-13-15-25(44)16-14-24)33-41(11,34(32)49)28(47)18-29-42(33,20-55-29)58-23(5)46/h13-17,26-29,31-33,35,47-48,53H,12,18-20H2,1-11H3,(H,45,52)/t26-,27-,28-,29+,31+,32+,33?,35?,41+,42-,43+/m0/s1. The minimum atomic E-state index is -2.34. The molecule has 1 saturated heterocycles. The fourth-order valence-corrected chi connectivity index (χ4v) is 9.45. The Labute approximate surface area is 343 Å². The lowest BCUT2D eigenvalue weighted by atomic mass is 9.44. The van der Waals surface area contributed by atoms with Crippen molar-refractivity contribution < 1.29 is 72.1 Å². The van der Waals surface area contributed by atoms with Crippen LogP contribution in [0.1, 0.15) is 99.4 Å². The van der Waals surface area contributed by atoms with E-state index in [1.165, 1.54) is 25.1 Å². The summed E-state index contributed by atoms with van der Waals surface area (Å²) in [7, 11) is 0. The monoisotopic (exact) mass is 831 g/mol. The maximum atomic E-state index is 15.4. The van der Waals surface area contributed by atoms with E-state index in [0.29, 0.717) is 5.57 Å². The summed E-state index contributed by atoms with van der Waals surface area (Å²) in [5.41, 5.74) is -7.51. The van der Waals surface area contributed by atoms with Crippen molar-refractivity contribution in [3.8, 4) is 0 Å². The van der Waals surface area contributed by atoms with Crippen LogP contribution in [0.25, 0.3) is 0 Å². The molecule has 0 spiro atoms. The number of rotatable bonds is 10. The Bertz CT molecular complexity index is 1900. The molecule has 16 heteroatoms. The molecular formula is C43H58FNO14. The van der Waals surface area contributed by atoms with Gasteiger partial charge in [0.1, 0.15) is 41.4 Å². The lowest BCUT2D eigenvalue weighted by Gasteiger charge is -2.67. The maximum Gasteiger partial charge on any atom is 0.408 e. The third-order valence-corrected chi connectivity index (χ3v) is 12.3. The summed E-state index contributed by atoms with van der Waals surface area (Å²) in [5.74, 6) is -5.85. The van der Waals surface area contributed by atoms with Crippen LogP contribution in [-0.2, 0) is 42.8 Å². The van der Waals surface area contributed by atoms with Crippen LogP contribution < -0.4 is 5.32 Å². The maximum absolute atomic E-state index is 15.4. The summed E-state index contributed by atoms with van der Waals surface area (Å²) in [6.45, 7) is 17.1. The lowest BCUT2D eigenvalue weighted by molar-refractivity contribution is -0.346. The number of esters is 3. The van der Waals surface area contributed by atoms with E-state index in [1.54, 1.807) is 62.3 Å². The molecule has 5 rings (SSSR count). The van der Waals surface area contributed by atoms with Crippen LogP contribution in [0.4, 0.5) is 9.18 Å². The number of amides is 1. The highest BCUT2D eigenvalue weighted by molar-refractivity contribution is 5.94. The largest absolute Gasteiger partial charge is 0.456 e. The SMILES string of the molecule is CCO[C@H]1C(=O)[C@@]2(C)C(C(OC(=O)c3ccc(F)cc3)[C@]3(O)C[C@H](OC(=O)[C@H](O)[C@H](C=C(C)C)NC(=O)OC(C)(C)C)C(C)=C1C3(C)C)[C@]1(OC(C)=O)CO[C@@H]1C[C@@H]2O. The molecule has 4 aliphatic rings. The number of aliphatic hydroxyl groups is 3. The fourth-order valence-electron chi connectivity index (χ4n) is 9.45. The number of nitrogens with one attached hydrogen (secondary N) is 1. The van der Waals surface area contributed by atoms with Crippen molar-refractivity contribution in [1.29, 1.82) is 0 Å². The highest BCUT2D eigenvalue weighted by Gasteiger charge is 2.78. The summed E-state index contributed by atoms with van der Waals surface area (Å²) in [6, 6.07) is 3.11. The van der Waals surface area contributed by atoms with Gasteiger partial charge in [0.2, 0.25) is 0 Å². The second-order valence-corrected chi connectivity index (χ2v) is 18.0. The Morgan fingerprint density at radius 1 is 1.07 bits per heavy atom. The minimum absolute atomic E-state index is 0.0216. The first-order valence-corrected chi connectivity index (χ1v) is 19.8. The summed E-state index contributed by atoms with van der Waals surface area (Å²) < 4.78 is 49.8. The van der Waals surface area contributed by atoms with Crippen molar-refractivity contribution in [2.75, 3.05) is 13.2 Å². The third kappa shape index (κ3) is 8.18. The van der Waals surface area contributed by atoms with Crippen LogP contribution in [-0.4, -0.2) is 118 Å². The molecule has 2 unspecified atom stereocenters. The van der Waals surface area contributed by atoms with Crippen LogP contribution in [0.5, 0.6) is 0 Å². The number of carbonyl (C=O) groups is 5. The van der Waals surface area contributed by atoms with Gasteiger partial charge in [-0.25, -0.2) is 18.8 Å². The van der Waals surface area contributed by atoms with Gasteiger partial charge in [-0.15, -0.1) is 0 Å². The molecule has 15 nitrogen and oxygen atoms in total. The second-order valence-electron chi connectivity index (χ2n) is 18.0. The zero-order chi connectivity index (χ0) is 44.2. The van der Waals surface area contributed by atoms with Gasteiger partial charge in [-0.3, -0.25) is 9.59 Å². The third-order valence-electron chi connectivity index (χ3n) is 12.3. The number of fused-ring (bicyclic) bond motifs is 5. The van der Waals surface area contributed by atoms with Gasteiger partial charge in [0.25, 0.3) is 0 Å². The van der Waals surface area contributed by atoms with E-state index in [9.17, 15) is 38.9 Å².